The molecule has 1 saturated carbocycles. The van der Waals surface area contributed by atoms with Crippen molar-refractivity contribution in [3.05, 3.63) is 95.6 Å². The Labute approximate surface area is 219 Å². The number of ether oxygens (including phenoxy) is 1. The minimum Gasteiger partial charge on any atom is -0.453 e. The molecule has 6 heteroatoms. The first kappa shape index (κ1) is 26.4. The number of amides is 2. The van der Waals surface area contributed by atoms with Gasteiger partial charge in [0.2, 0.25) is 5.91 Å². The normalized spacial score (nSPS) is 18.0. The number of benzene rings is 3. The summed E-state index contributed by atoms with van der Waals surface area (Å²) in [5.74, 6) is 0.739. The van der Waals surface area contributed by atoms with Crippen molar-refractivity contribution in [1.29, 1.82) is 0 Å². The summed E-state index contributed by atoms with van der Waals surface area (Å²) in [6.45, 7) is 1.12. The molecule has 3 aromatic carbocycles. The molecule has 0 bridgehead atoms. The van der Waals surface area contributed by atoms with Crippen LogP contribution in [0.3, 0.4) is 0 Å². The van der Waals surface area contributed by atoms with E-state index < -0.39 is 6.09 Å². The number of rotatable bonds is 9. The van der Waals surface area contributed by atoms with E-state index in [-0.39, 0.29) is 17.9 Å². The van der Waals surface area contributed by atoms with Gasteiger partial charge in [0.15, 0.2) is 0 Å². The van der Waals surface area contributed by atoms with Crippen LogP contribution in [0.2, 0.25) is 0 Å². The van der Waals surface area contributed by atoms with Crippen molar-refractivity contribution in [2.75, 3.05) is 13.7 Å². The quantitative estimate of drug-likeness (QED) is 0.369. The molecule has 0 aromatic heterocycles. The minimum absolute atomic E-state index is 0.0513. The Bertz CT molecular complexity index is 1160. The Morgan fingerprint density at radius 2 is 1.62 bits per heavy atom. The summed E-state index contributed by atoms with van der Waals surface area (Å²) in [6.07, 6.45) is 4.14. The third-order valence-electron chi connectivity index (χ3n) is 7.35. The van der Waals surface area contributed by atoms with Gasteiger partial charge in [0.05, 0.1) is 13.2 Å². The van der Waals surface area contributed by atoms with Crippen LogP contribution in [-0.2, 0) is 22.5 Å². The lowest BCUT2D eigenvalue weighted by atomic mass is 9.81. The Morgan fingerprint density at radius 3 is 2.30 bits per heavy atom. The first-order chi connectivity index (χ1) is 18.1. The molecular formula is C31H37N3O3. The third kappa shape index (κ3) is 7.43. The van der Waals surface area contributed by atoms with Crippen LogP contribution in [0.1, 0.15) is 48.4 Å². The van der Waals surface area contributed by atoms with Gasteiger partial charge in [0, 0.05) is 12.5 Å². The fourth-order valence-electron chi connectivity index (χ4n) is 5.05. The predicted molar refractivity (Wildman–Crippen MR) is 147 cm³/mol. The molecule has 6 nitrogen and oxygen atoms in total. The van der Waals surface area contributed by atoms with E-state index in [1.54, 1.807) is 0 Å². The summed E-state index contributed by atoms with van der Waals surface area (Å²) < 4.78 is 4.63. The van der Waals surface area contributed by atoms with Crippen LogP contribution in [0.5, 0.6) is 0 Å². The predicted octanol–water partition coefficient (Wildman–Crippen LogP) is 5.37. The number of alkyl carbamates (subject to hydrolysis) is 1. The molecule has 0 aliphatic heterocycles. The second-order valence-corrected chi connectivity index (χ2v) is 9.87. The molecule has 1 aliphatic rings. The van der Waals surface area contributed by atoms with Crippen molar-refractivity contribution >= 4 is 12.0 Å². The molecule has 194 valence electrons. The van der Waals surface area contributed by atoms with Crippen molar-refractivity contribution in [2.45, 2.75) is 44.7 Å². The molecular weight excluding hydrogens is 462 g/mol. The lowest BCUT2D eigenvalue weighted by Gasteiger charge is -2.29. The highest BCUT2D eigenvalue weighted by atomic mass is 16.5. The number of nitrogens with two attached hydrogens (primary N) is 1. The topological polar surface area (TPSA) is 93.5 Å². The van der Waals surface area contributed by atoms with Crippen LogP contribution >= 0.6 is 0 Å². The van der Waals surface area contributed by atoms with Crippen molar-refractivity contribution in [1.82, 2.24) is 10.6 Å². The van der Waals surface area contributed by atoms with Crippen LogP contribution < -0.4 is 16.4 Å². The Hall–Kier alpha value is -3.64. The average Bonchev–Trinajstić information content (AvgIpc) is 2.96. The van der Waals surface area contributed by atoms with Crippen LogP contribution in [0.4, 0.5) is 4.79 Å². The Balaban J connectivity index is 1.51. The second-order valence-electron chi connectivity index (χ2n) is 9.87. The first-order valence-corrected chi connectivity index (χ1v) is 13.1. The zero-order valence-electron chi connectivity index (χ0n) is 21.5. The van der Waals surface area contributed by atoms with Crippen LogP contribution in [-0.4, -0.2) is 25.7 Å². The monoisotopic (exact) mass is 499 g/mol. The third-order valence-corrected chi connectivity index (χ3v) is 7.35. The van der Waals surface area contributed by atoms with Gasteiger partial charge in [-0.2, -0.15) is 0 Å². The van der Waals surface area contributed by atoms with Gasteiger partial charge in [0.1, 0.15) is 0 Å². The van der Waals surface area contributed by atoms with Gasteiger partial charge in [-0.3, -0.25) is 4.79 Å². The van der Waals surface area contributed by atoms with Gasteiger partial charge >= 0.3 is 6.09 Å². The van der Waals surface area contributed by atoms with Gasteiger partial charge in [-0.05, 0) is 78.5 Å². The fourth-order valence-corrected chi connectivity index (χ4v) is 5.05. The van der Waals surface area contributed by atoms with Crippen LogP contribution in [0, 0.1) is 11.8 Å². The molecule has 1 aliphatic carbocycles. The average molecular weight is 500 g/mol. The smallest absolute Gasteiger partial charge is 0.407 e. The molecule has 2 amide bonds. The molecule has 0 saturated heterocycles. The number of nitrogens with one attached hydrogen (secondary N) is 2. The van der Waals surface area contributed by atoms with E-state index in [1.807, 2.05) is 48.5 Å². The van der Waals surface area contributed by atoms with E-state index in [9.17, 15) is 9.59 Å². The van der Waals surface area contributed by atoms with Crippen molar-refractivity contribution in [3.8, 4) is 11.1 Å². The fraction of sp³-hybridized carbons (Fsp3) is 0.355. The van der Waals surface area contributed by atoms with Crippen molar-refractivity contribution in [2.24, 2.45) is 17.6 Å². The molecule has 37 heavy (non-hydrogen) atoms. The maximum Gasteiger partial charge on any atom is 0.407 e. The summed E-state index contributed by atoms with van der Waals surface area (Å²) in [7, 11) is 1.35. The minimum atomic E-state index is -0.448. The summed E-state index contributed by atoms with van der Waals surface area (Å²) in [5.41, 5.74) is 11.3. The van der Waals surface area contributed by atoms with Gasteiger partial charge in [0.25, 0.3) is 0 Å². The first-order valence-electron chi connectivity index (χ1n) is 13.1. The largest absolute Gasteiger partial charge is 0.453 e. The van der Waals surface area contributed by atoms with E-state index in [2.05, 4.69) is 45.7 Å². The highest BCUT2D eigenvalue weighted by Crippen LogP contribution is 2.30. The second kappa shape index (κ2) is 13.1. The number of carbonyl (C=O) groups excluding carboxylic acids is 2. The standard InChI is InChI=1S/C31H37N3O3/c1-37-31(36)33-21-24-12-14-25(15-13-24)27-8-5-9-28(19-27)29(18-22-6-3-2-4-7-22)34-30(35)26-16-10-23(20-32)11-17-26/h2-9,12-15,19,23,26,29H,10-11,16-18,20-21,32H2,1H3,(H,33,36)(H,34,35). The van der Waals surface area contributed by atoms with Gasteiger partial charge < -0.3 is 21.1 Å². The summed E-state index contributed by atoms with van der Waals surface area (Å²) >= 11 is 0. The molecule has 1 atom stereocenters. The van der Waals surface area contributed by atoms with E-state index in [1.165, 1.54) is 12.7 Å². The van der Waals surface area contributed by atoms with E-state index in [4.69, 9.17) is 5.73 Å². The number of hydrogen-bond acceptors (Lipinski definition) is 4. The summed E-state index contributed by atoms with van der Waals surface area (Å²) in [6, 6.07) is 26.7. The maximum atomic E-state index is 13.3. The number of methoxy groups -OCH3 is 1. The zero-order chi connectivity index (χ0) is 26.0. The molecule has 1 unspecified atom stereocenters. The zero-order valence-corrected chi connectivity index (χ0v) is 21.5. The molecule has 0 heterocycles. The van der Waals surface area contributed by atoms with Crippen molar-refractivity contribution in [3.63, 3.8) is 0 Å². The van der Waals surface area contributed by atoms with E-state index in [0.717, 1.165) is 54.4 Å². The number of hydrogen-bond donors (Lipinski definition) is 3. The Morgan fingerprint density at radius 1 is 0.892 bits per heavy atom. The molecule has 4 N–H and O–H groups in total. The highest BCUT2D eigenvalue weighted by molar-refractivity contribution is 5.79. The van der Waals surface area contributed by atoms with E-state index in [0.29, 0.717) is 19.0 Å². The maximum absolute atomic E-state index is 13.3. The molecule has 3 aromatic rings. The Kier molecular flexibility index (Phi) is 9.33. The molecule has 0 spiro atoms. The number of carbonyl (C=O) groups is 2. The van der Waals surface area contributed by atoms with Crippen LogP contribution in [0.25, 0.3) is 11.1 Å². The van der Waals surface area contributed by atoms with Gasteiger partial charge in [-0.25, -0.2) is 4.79 Å². The highest BCUT2D eigenvalue weighted by Gasteiger charge is 2.27. The van der Waals surface area contributed by atoms with Gasteiger partial charge in [-0.15, -0.1) is 0 Å². The molecule has 1 fully saturated rings. The van der Waals surface area contributed by atoms with Crippen LogP contribution in [0.15, 0.2) is 78.9 Å². The van der Waals surface area contributed by atoms with Crippen molar-refractivity contribution < 1.29 is 14.3 Å². The van der Waals surface area contributed by atoms with E-state index >= 15 is 0 Å². The summed E-state index contributed by atoms with van der Waals surface area (Å²) in [5, 5.41) is 6.08. The molecule has 0 radical (unpaired) electrons. The lowest BCUT2D eigenvalue weighted by molar-refractivity contribution is -0.127. The molecule has 4 rings (SSSR count). The summed E-state index contributed by atoms with van der Waals surface area (Å²) in [4.78, 5) is 24.7. The SMILES string of the molecule is COC(=O)NCc1ccc(-c2cccc(C(Cc3ccccc3)NC(=O)C3CCC(CN)CC3)c2)cc1. The van der Waals surface area contributed by atoms with Gasteiger partial charge in [-0.1, -0.05) is 72.8 Å². The lowest BCUT2D eigenvalue weighted by Crippen LogP contribution is -2.37.